The van der Waals surface area contributed by atoms with Gasteiger partial charge in [0.15, 0.2) is 0 Å². The standard InChI is InChI=1S/C16H13ClF3N3O/c1-2-7-21-11-4-6-14(22-9-11)15(24)23-10-3-5-13(17)12(8-10)16(18,19)20/h2-6,8-9,21H,1,7H2,(H,23,24). The maximum atomic E-state index is 12.8. The predicted molar refractivity (Wildman–Crippen MR) is 87.3 cm³/mol. The maximum Gasteiger partial charge on any atom is 0.417 e. The largest absolute Gasteiger partial charge is 0.417 e. The fraction of sp³-hybridized carbons (Fsp3) is 0.125. The number of carbonyl (C=O) groups excluding carboxylic acids is 1. The van der Waals surface area contributed by atoms with Crippen molar-refractivity contribution < 1.29 is 18.0 Å². The smallest absolute Gasteiger partial charge is 0.380 e. The second-order valence-corrected chi connectivity index (χ2v) is 5.16. The first kappa shape index (κ1) is 17.8. The summed E-state index contributed by atoms with van der Waals surface area (Å²) in [5.74, 6) is -0.624. The van der Waals surface area contributed by atoms with E-state index in [2.05, 4.69) is 22.2 Å². The molecule has 2 rings (SSSR count). The molecule has 0 unspecified atom stereocenters. The highest BCUT2D eigenvalue weighted by atomic mass is 35.5. The van der Waals surface area contributed by atoms with Gasteiger partial charge in [0.2, 0.25) is 0 Å². The van der Waals surface area contributed by atoms with E-state index in [1.165, 1.54) is 18.3 Å². The number of carbonyl (C=O) groups is 1. The Bertz CT molecular complexity index is 745. The Kier molecular flexibility index (Phi) is 5.46. The second kappa shape index (κ2) is 7.35. The van der Waals surface area contributed by atoms with Crippen LogP contribution in [0, 0.1) is 0 Å². The van der Waals surface area contributed by atoms with E-state index in [0.29, 0.717) is 12.2 Å². The van der Waals surface area contributed by atoms with Gasteiger partial charge in [-0.15, -0.1) is 6.58 Å². The van der Waals surface area contributed by atoms with Crippen molar-refractivity contribution in [2.24, 2.45) is 0 Å². The van der Waals surface area contributed by atoms with E-state index in [0.717, 1.165) is 12.1 Å². The number of amides is 1. The molecule has 0 saturated heterocycles. The van der Waals surface area contributed by atoms with Crippen LogP contribution < -0.4 is 10.6 Å². The van der Waals surface area contributed by atoms with E-state index < -0.39 is 22.7 Å². The first-order chi connectivity index (χ1) is 11.3. The molecule has 126 valence electrons. The van der Waals surface area contributed by atoms with Gasteiger partial charge < -0.3 is 10.6 Å². The van der Waals surface area contributed by atoms with Gasteiger partial charge in [0, 0.05) is 12.2 Å². The number of pyridine rings is 1. The Morgan fingerprint density at radius 1 is 1.25 bits per heavy atom. The van der Waals surface area contributed by atoms with Gasteiger partial charge in [0.05, 0.1) is 22.5 Å². The number of nitrogens with one attached hydrogen (secondary N) is 2. The summed E-state index contributed by atoms with van der Waals surface area (Å²) in [5, 5.41) is 4.92. The number of nitrogens with zero attached hydrogens (tertiary/aromatic N) is 1. The lowest BCUT2D eigenvalue weighted by molar-refractivity contribution is -0.137. The van der Waals surface area contributed by atoms with Gasteiger partial charge >= 0.3 is 6.18 Å². The molecule has 0 bridgehead atoms. The zero-order valence-corrected chi connectivity index (χ0v) is 13.1. The van der Waals surface area contributed by atoms with Crippen molar-refractivity contribution in [3.8, 4) is 0 Å². The van der Waals surface area contributed by atoms with E-state index in [1.807, 2.05) is 0 Å². The number of anilines is 2. The molecule has 0 aliphatic heterocycles. The number of rotatable bonds is 5. The van der Waals surface area contributed by atoms with Crippen molar-refractivity contribution in [3.63, 3.8) is 0 Å². The molecule has 0 radical (unpaired) electrons. The Labute approximate surface area is 141 Å². The molecule has 0 aliphatic rings. The zero-order chi connectivity index (χ0) is 17.7. The van der Waals surface area contributed by atoms with Crippen LogP contribution in [0.2, 0.25) is 5.02 Å². The summed E-state index contributed by atoms with van der Waals surface area (Å²) in [6.07, 6.45) is -1.49. The normalized spacial score (nSPS) is 11.0. The summed E-state index contributed by atoms with van der Waals surface area (Å²) in [7, 11) is 0. The van der Waals surface area contributed by atoms with Crippen molar-refractivity contribution in [3.05, 3.63) is 65.5 Å². The minimum atomic E-state index is -4.60. The van der Waals surface area contributed by atoms with Crippen LogP contribution in [0.3, 0.4) is 0 Å². The lowest BCUT2D eigenvalue weighted by Gasteiger charge is -2.11. The van der Waals surface area contributed by atoms with Crippen LogP contribution in [0.4, 0.5) is 24.5 Å². The topological polar surface area (TPSA) is 54.0 Å². The molecule has 2 aromatic rings. The van der Waals surface area contributed by atoms with Gasteiger partial charge in [-0.1, -0.05) is 17.7 Å². The quantitative estimate of drug-likeness (QED) is 0.770. The van der Waals surface area contributed by atoms with Crippen molar-refractivity contribution >= 4 is 28.9 Å². The maximum absolute atomic E-state index is 12.8. The first-order valence-corrected chi connectivity index (χ1v) is 7.18. The summed E-state index contributed by atoms with van der Waals surface area (Å²) >= 11 is 5.53. The van der Waals surface area contributed by atoms with Crippen LogP contribution in [0.15, 0.2) is 49.2 Å². The third-order valence-corrected chi connectivity index (χ3v) is 3.31. The van der Waals surface area contributed by atoms with Crippen molar-refractivity contribution in [2.75, 3.05) is 17.2 Å². The number of halogens is 4. The number of hydrogen-bond acceptors (Lipinski definition) is 3. The molecule has 0 aliphatic carbocycles. The van der Waals surface area contributed by atoms with Gasteiger partial charge in [0.1, 0.15) is 5.69 Å². The Hall–Kier alpha value is -2.54. The molecule has 8 heteroatoms. The van der Waals surface area contributed by atoms with Crippen molar-refractivity contribution in [1.29, 1.82) is 0 Å². The number of hydrogen-bond donors (Lipinski definition) is 2. The Morgan fingerprint density at radius 3 is 2.54 bits per heavy atom. The van der Waals surface area contributed by atoms with Crippen molar-refractivity contribution in [1.82, 2.24) is 4.98 Å². The average Bonchev–Trinajstić information content (AvgIpc) is 2.54. The lowest BCUT2D eigenvalue weighted by atomic mass is 10.2. The van der Waals surface area contributed by atoms with Crippen LogP contribution in [0.25, 0.3) is 0 Å². The molecule has 24 heavy (non-hydrogen) atoms. The van der Waals surface area contributed by atoms with E-state index in [-0.39, 0.29) is 11.4 Å². The van der Waals surface area contributed by atoms with E-state index >= 15 is 0 Å². The summed E-state index contributed by atoms with van der Waals surface area (Å²) in [4.78, 5) is 16.0. The van der Waals surface area contributed by atoms with Gasteiger partial charge in [-0.3, -0.25) is 4.79 Å². The minimum absolute atomic E-state index is 0.0209. The molecule has 0 atom stereocenters. The highest BCUT2D eigenvalue weighted by Gasteiger charge is 2.33. The molecule has 4 nitrogen and oxygen atoms in total. The molecule has 2 N–H and O–H groups in total. The average molecular weight is 356 g/mol. The van der Waals surface area contributed by atoms with Gasteiger partial charge in [-0.05, 0) is 30.3 Å². The summed E-state index contributed by atoms with van der Waals surface area (Å²) < 4.78 is 38.4. The van der Waals surface area contributed by atoms with E-state index in [1.54, 1.807) is 12.1 Å². The SMILES string of the molecule is C=CCNc1ccc(C(=O)Nc2ccc(Cl)c(C(F)(F)F)c2)nc1. The predicted octanol–water partition coefficient (Wildman–Crippen LogP) is 4.60. The molecule has 0 saturated carbocycles. The minimum Gasteiger partial charge on any atom is -0.380 e. The van der Waals surface area contributed by atoms with Gasteiger partial charge in [-0.25, -0.2) is 4.98 Å². The second-order valence-electron chi connectivity index (χ2n) is 4.75. The monoisotopic (exact) mass is 355 g/mol. The van der Waals surface area contributed by atoms with Crippen LogP contribution in [0.5, 0.6) is 0 Å². The number of benzene rings is 1. The van der Waals surface area contributed by atoms with Crippen molar-refractivity contribution in [2.45, 2.75) is 6.18 Å². The highest BCUT2D eigenvalue weighted by molar-refractivity contribution is 6.31. The number of aromatic nitrogens is 1. The third kappa shape index (κ3) is 4.48. The molecular weight excluding hydrogens is 343 g/mol. The van der Waals surface area contributed by atoms with Crippen LogP contribution in [0.1, 0.15) is 16.1 Å². The molecule has 0 spiro atoms. The molecule has 1 aromatic heterocycles. The molecule has 0 fully saturated rings. The van der Waals surface area contributed by atoms with E-state index in [4.69, 9.17) is 11.6 Å². The van der Waals surface area contributed by atoms with Crippen LogP contribution >= 0.6 is 11.6 Å². The molecular formula is C16H13ClF3N3O. The highest BCUT2D eigenvalue weighted by Crippen LogP contribution is 2.36. The lowest BCUT2D eigenvalue weighted by Crippen LogP contribution is -2.15. The third-order valence-electron chi connectivity index (χ3n) is 2.98. The fourth-order valence-corrected chi connectivity index (χ4v) is 2.06. The van der Waals surface area contributed by atoms with Crippen LogP contribution in [-0.4, -0.2) is 17.4 Å². The number of alkyl halides is 3. The van der Waals surface area contributed by atoms with Gasteiger partial charge in [0.25, 0.3) is 5.91 Å². The molecule has 1 amide bonds. The molecule has 1 heterocycles. The zero-order valence-electron chi connectivity index (χ0n) is 12.3. The first-order valence-electron chi connectivity index (χ1n) is 6.80. The van der Waals surface area contributed by atoms with E-state index in [9.17, 15) is 18.0 Å². The summed E-state index contributed by atoms with van der Waals surface area (Å²) in [6.45, 7) is 4.10. The Balaban J connectivity index is 2.13. The van der Waals surface area contributed by atoms with Crippen LogP contribution in [-0.2, 0) is 6.18 Å². The Morgan fingerprint density at radius 2 is 1.96 bits per heavy atom. The van der Waals surface area contributed by atoms with Gasteiger partial charge in [-0.2, -0.15) is 13.2 Å². The molecule has 1 aromatic carbocycles. The fourth-order valence-electron chi connectivity index (χ4n) is 1.84. The summed E-state index contributed by atoms with van der Waals surface area (Å²) in [6, 6.07) is 6.24. The summed E-state index contributed by atoms with van der Waals surface area (Å²) in [5.41, 5.74) is -0.272.